The molecular weight excluding hydrogens is 413 g/mol. The second-order valence-corrected chi connectivity index (χ2v) is 9.13. The van der Waals surface area contributed by atoms with Gasteiger partial charge in [-0.15, -0.1) is 0 Å². The number of benzene rings is 2. The molecule has 158 valence electrons. The second kappa shape index (κ2) is 8.04. The van der Waals surface area contributed by atoms with Crippen LogP contribution in [0.25, 0.3) is 0 Å². The van der Waals surface area contributed by atoms with Gasteiger partial charge in [-0.3, -0.25) is 9.59 Å². The summed E-state index contributed by atoms with van der Waals surface area (Å²) in [6.45, 7) is 0.183. The average molecular weight is 433 g/mol. The number of ether oxygens (including phenoxy) is 1. The normalized spacial score (nSPS) is 19.4. The first-order valence-electron chi connectivity index (χ1n) is 9.46. The molecule has 1 fully saturated rings. The second-order valence-electron chi connectivity index (χ2n) is 7.20. The third kappa shape index (κ3) is 4.14. The summed E-state index contributed by atoms with van der Waals surface area (Å²) in [5.74, 6) is -1.34. The Labute approximate surface area is 173 Å². The fourth-order valence-corrected chi connectivity index (χ4v) is 5.11. The summed E-state index contributed by atoms with van der Waals surface area (Å²) >= 11 is 0. The van der Waals surface area contributed by atoms with Gasteiger partial charge in [0.2, 0.25) is 15.9 Å². The van der Waals surface area contributed by atoms with Crippen molar-refractivity contribution in [3.8, 4) is 5.75 Å². The molecule has 0 saturated carbocycles. The Kier molecular flexibility index (Phi) is 5.44. The number of rotatable bonds is 4. The van der Waals surface area contributed by atoms with Gasteiger partial charge in [0.1, 0.15) is 11.6 Å². The minimum atomic E-state index is -3.87. The molecule has 4 rings (SSSR count). The van der Waals surface area contributed by atoms with Gasteiger partial charge >= 0.3 is 0 Å². The quantitative estimate of drug-likeness (QED) is 0.769. The van der Waals surface area contributed by atoms with Crippen LogP contribution in [0.5, 0.6) is 5.75 Å². The number of carbonyl (C=O) groups excluding carboxylic acids is 2. The number of hydrogen-bond acceptors (Lipinski definition) is 5. The van der Waals surface area contributed by atoms with Crippen LogP contribution in [-0.2, 0) is 19.6 Å². The molecule has 2 aromatic carbocycles. The van der Waals surface area contributed by atoms with Crippen molar-refractivity contribution in [1.29, 1.82) is 0 Å². The van der Waals surface area contributed by atoms with Crippen molar-refractivity contribution in [3.05, 3.63) is 48.3 Å². The van der Waals surface area contributed by atoms with Gasteiger partial charge in [0, 0.05) is 18.8 Å². The van der Waals surface area contributed by atoms with E-state index >= 15 is 0 Å². The van der Waals surface area contributed by atoms with Crippen LogP contribution in [0.1, 0.15) is 12.8 Å². The molecule has 30 heavy (non-hydrogen) atoms. The predicted octanol–water partition coefficient (Wildman–Crippen LogP) is 2.20. The van der Waals surface area contributed by atoms with Crippen LogP contribution in [0.4, 0.5) is 15.8 Å². The fourth-order valence-electron chi connectivity index (χ4n) is 3.56. The van der Waals surface area contributed by atoms with E-state index < -0.39 is 21.8 Å². The molecule has 0 bridgehead atoms. The maximum atomic E-state index is 13.3. The molecule has 1 unspecified atom stereocenters. The third-order valence-corrected chi connectivity index (χ3v) is 6.93. The monoisotopic (exact) mass is 433 g/mol. The SMILES string of the molecule is O=C1COc2ccc(S(=O)(=O)N3CCCC(C(=O)Nc4cccc(F)c4)C3)cc2N1. The average Bonchev–Trinajstić information content (AvgIpc) is 2.73. The van der Waals surface area contributed by atoms with E-state index in [2.05, 4.69) is 10.6 Å². The number of halogens is 1. The first kappa shape index (κ1) is 20.3. The van der Waals surface area contributed by atoms with Gasteiger partial charge in [-0.2, -0.15) is 4.31 Å². The van der Waals surface area contributed by atoms with E-state index in [1.54, 1.807) is 6.07 Å². The standard InChI is InChI=1S/C20H20FN3O5S/c21-14-4-1-5-15(9-14)22-20(26)13-3-2-8-24(11-13)30(27,28)16-6-7-18-17(10-16)23-19(25)12-29-18/h1,4-7,9-10,13H,2-3,8,11-12H2,(H,22,26)(H,23,25). The lowest BCUT2D eigenvalue weighted by atomic mass is 9.99. The van der Waals surface area contributed by atoms with E-state index in [4.69, 9.17) is 4.74 Å². The number of nitrogens with one attached hydrogen (secondary N) is 2. The molecule has 0 aliphatic carbocycles. The van der Waals surface area contributed by atoms with E-state index in [1.165, 1.54) is 40.7 Å². The smallest absolute Gasteiger partial charge is 0.262 e. The molecule has 2 aliphatic rings. The van der Waals surface area contributed by atoms with Crippen molar-refractivity contribution < 1.29 is 27.1 Å². The van der Waals surface area contributed by atoms with Crippen LogP contribution in [0, 0.1) is 11.7 Å². The molecular formula is C20H20FN3O5S. The summed E-state index contributed by atoms with van der Waals surface area (Å²) in [4.78, 5) is 24.1. The topological polar surface area (TPSA) is 105 Å². The van der Waals surface area contributed by atoms with Crippen molar-refractivity contribution in [2.45, 2.75) is 17.7 Å². The summed E-state index contributed by atoms with van der Waals surface area (Å²) < 4.78 is 46.1. The molecule has 2 aliphatic heterocycles. The number of sulfonamides is 1. The first-order valence-corrected chi connectivity index (χ1v) is 10.9. The molecule has 0 spiro atoms. The van der Waals surface area contributed by atoms with Gasteiger partial charge in [0.25, 0.3) is 5.91 Å². The fraction of sp³-hybridized carbons (Fsp3) is 0.300. The van der Waals surface area contributed by atoms with Crippen LogP contribution in [0.2, 0.25) is 0 Å². The van der Waals surface area contributed by atoms with Crippen molar-refractivity contribution in [1.82, 2.24) is 4.31 Å². The maximum Gasteiger partial charge on any atom is 0.262 e. The lowest BCUT2D eigenvalue weighted by Gasteiger charge is -2.31. The van der Waals surface area contributed by atoms with Crippen LogP contribution in [0.3, 0.4) is 0 Å². The molecule has 2 N–H and O–H groups in total. The Hall–Kier alpha value is -2.98. The third-order valence-electron chi connectivity index (χ3n) is 5.07. The van der Waals surface area contributed by atoms with E-state index in [1.807, 2.05) is 0 Å². The number of carbonyl (C=O) groups is 2. The Morgan fingerprint density at radius 2 is 2.07 bits per heavy atom. The summed E-state index contributed by atoms with van der Waals surface area (Å²) in [5, 5.41) is 5.24. The summed E-state index contributed by atoms with van der Waals surface area (Å²) in [6, 6.07) is 9.82. The molecule has 2 heterocycles. The highest BCUT2D eigenvalue weighted by Gasteiger charge is 2.34. The number of nitrogens with zero attached hydrogens (tertiary/aromatic N) is 1. The lowest BCUT2D eigenvalue weighted by molar-refractivity contribution is -0.121. The van der Waals surface area contributed by atoms with Crippen molar-refractivity contribution in [2.24, 2.45) is 5.92 Å². The lowest BCUT2D eigenvalue weighted by Crippen LogP contribution is -2.43. The van der Waals surface area contributed by atoms with Gasteiger partial charge in [0.05, 0.1) is 16.5 Å². The van der Waals surface area contributed by atoms with Gasteiger partial charge in [-0.05, 0) is 49.2 Å². The van der Waals surface area contributed by atoms with Crippen molar-refractivity contribution in [3.63, 3.8) is 0 Å². The first-order chi connectivity index (χ1) is 14.3. The van der Waals surface area contributed by atoms with Crippen LogP contribution in [0.15, 0.2) is 47.4 Å². The van der Waals surface area contributed by atoms with Gasteiger partial charge in [-0.25, -0.2) is 12.8 Å². The van der Waals surface area contributed by atoms with Crippen molar-refractivity contribution in [2.75, 3.05) is 30.3 Å². The molecule has 1 atom stereocenters. The number of fused-ring (bicyclic) bond motifs is 1. The molecule has 0 aromatic heterocycles. The Bertz CT molecular complexity index is 1110. The zero-order chi connectivity index (χ0) is 21.3. The van der Waals surface area contributed by atoms with E-state index in [0.717, 1.165) is 0 Å². The molecule has 2 amide bonds. The van der Waals surface area contributed by atoms with E-state index in [9.17, 15) is 22.4 Å². The molecule has 10 heteroatoms. The Morgan fingerprint density at radius 1 is 1.23 bits per heavy atom. The minimum Gasteiger partial charge on any atom is -0.482 e. The number of anilines is 2. The highest BCUT2D eigenvalue weighted by molar-refractivity contribution is 7.89. The molecule has 2 aromatic rings. The highest BCUT2D eigenvalue weighted by atomic mass is 32.2. The largest absolute Gasteiger partial charge is 0.482 e. The Morgan fingerprint density at radius 3 is 2.87 bits per heavy atom. The van der Waals surface area contributed by atoms with Crippen LogP contribution >= 0.6 is 0 Å². The zero-order valence-electron chi connectivity index (χ0n) is 15.9. The highest BCUT2D eigenvalue weighted by Crippen LogP contribution is 2.32. The Balaban J connectivity index is 1.50. The predicted molar refractivity (Wildman–Crippen MR) is 107 cm³/mol. The van der Waals surface area contributed by atoms with Gasteiger partial charge < -0.3 is 15.4 Å². The van der Waals surface area contributed by atoms with Crippen LogP contribution < -0.4 is 15.4 Å². The van der Waals surface area contributed by atoms with Crippen LogP contribution in [-0.4, -0.2) is 44.2 Å². The van der Waals surface area contributed by atoms with E-state index in [-0.39, 0.29) is 36.4 Å². The van der Waals surface area contributed by atoms with Crippen molar-refractivity contribution >= 4 is 33.2 Å². The molecule has 8 nitrogen and oxygen atoms in total. The number of amides is 2. The van der Waals surface area contributed by atoms with Gasteiger partial charge in [0.15, 0.2) is 6.61 Å². The van der Waals surface area contributed by atoms with E-state index in [0.29, 0.717) is 30.0 Å². The number of piperidine rings is 1. The van der Waals surface area contributed by atoms with Gasteiger partial charge in [-0.1, -0.05) is 6.07 Å². The minimum absolute atomic E-state index is 0.0123. The maximum absolute atomic E-state index is 13.3. The molecule has 1 saturated heterocycles. The summed E-state index contributed by atoms with van der Waals surface area (Å²) in [5.41, 5.74) is 0.621. The number of hydrogen-bond donors (Lipinski definition) is 2. The summed E-state index contributed by atoms with van der Waals surface area (Å²) in [6.07, 6.45) is 1.05. The molecule has 0 radical (unpaired) electrons. The zero-order valence-corrected chi connectivity index (χ0v) is 16.7. The summed E-state index contributed by atoms with van der Waals surface area (Å²) in [7, 11) is -3.87.